The Labute approximate surface area is 167 Å². The molecular weight excluding hydrogens is 366 g/mol. The summed E-state index contributed by atoms with van der Waals surface area (Å²) in [5, 5.41) is 2.35. The summed E-state index contributed by atoms with van der Waals surface area (Å²) >= 11 is 0. The number of ketones is 1. The second-order valence-electron chi connectivity index (χ2n) is 8.16. The van der Waals surface area contributed by atoms with Gasteiger partial charge in [0.25, 0.3) is 5.56 Å². The molecule has 148 valence electrons. The topological polar surface area (TPSA) is 86.0 Å². The first-order chi connectivity index (χ1) is 14.1. The van der Waals surface area contributed by atoms with Gasteiger partial charge in [-0.1, -0.05) is 30.3 Å². The Kier molecular flexibility index (Phi) is 4.43. The number of piperidine rings is 1. The molecule has 29 heavy (non-hydrogen) atoms. The minimum absolute atomic E-state index is 0.0732. The van der Waals surface area contributed by atoms with Gasteiger partial charge in [-0.2, -0.15) is 0 Å². The number of benzene rings is 2. The fourth-order valence-corrected chi connectivity index (χ4v) is 4.94. The molecule has 2 aliphatic rings. The second-order valence-corrected chi connectivity index (χ2v) is 8.16. The van der Waals surface area contributed by atoms with Crippen molar-refractivity contribution in [3.63, 3.8) is 0 Å². The van der Waals surface area contributed by atoms with Crippen molar-refractivity contribution in [2.45, 2.75) is 32.2 Å². The molecule has 2 aromatic carbocycles. The van der Waals surface area contributed by atoms with Gasteiger partial charge in [0.1, 0.15) is 0 Å². The van der Waals surface area contributed by atoms with Crippen molar-refractivity contribution in [3.8, 4) is 0 Å². The number of aryl methyl sites for hydroxylation is 2. The van der Waals surface area contributed by atoms with E-state index in [1.807, 2.05) is 6.07 Å². The van der Waals surface area contributed by atoms with Crippen LogP contribution in [0.1, 0.15) is 40.0 Å². The lowest BCUT2D eigenvalue weighted by Gasteiger charge is -2.32. The van der Waals surface area contributed by atoms with Crippen LogP contribution in [0.2, 0.25) is 0 Å². The molecule has 0 radical (unpaired) electrons. The van der Waals surface area contributed by atoms with E-state index in [4.69, 9.17) is 0 Å². The maximum atomic E-state index is 13.4. The molecule has 3 aromatic rings. The molecule has 6 heteroatoms. The van der Waals surface area contributed by atoms with Crippen LogP contribution in [0, 0.1) is 5.92 Å². The average molecular weight is 389 g/mol. The van der Waals surface area contributed by atoms with E-state index < -0.39 is 11.2 Å². The molecule has 0 bridgehead atoms. The van der Waals surface area contributed by atoms with Gasteiger partial charge in [-0.15, -0.1) is 0 Å². The van der Waals surface area contributed by atoms with E-state index in [2.05, 4.69) is 39.1 Å². The highest BCUT2D eigenvalue weighted by atomic mass is 16.2. The summed E-state index contributed by atoms with van der Waals surface area (Å²) in [5.74, 6) is 0.126. The number of hydrogen-bond acceptors (Lipinski definition) is 4. The number of likely N-dealkylation sites (tertiary alicyclic amines) is 1. The Morgan fingerprint density at radius 2 is 1.90 bits per heavy atom. The summed E-state index contributed by atoms with van der Waals surface area (Å²) in [5.41, 5.74) is 3.19. The number of carbonyl (C=O) groups is 1. The van der Waals surface area contributed by atoms with Crippen molar-refractivity contribution < 1.29 is 4.79 Å². The minimum Gasteiger partial charge on any atom is -0.310 e. The summed E-state index contributed by atoms with van der Waals surface area (Å²) in [7, 11) is 0. The van der Waals surface area contributed by atoms with Crippen molar-refractivity contribution in [2.75, 3.05) is 13.1 Å². The van der Waals surface area contributed by atoms with Crippen molar-refractivity contribution in [3.05, 3.63) is 79.6 Å². The second kappa shape index (κ2) is 7.12. The fraction of sp³-hybridized carbons (Fsp3) is 0.348. The molecule has 0 spiro atoms. The standard InChI is InChI=1S/C23H23N3O3/c27-20-11-17(24-23(29)25-20)13-26-10-2-4-16(12-26)22(28)19-9-8-15-7-6-14-3-1-5-18(19)21(14)15/h1,3,5,8-9,11,16H,2,4,6-7,10,12-13H2,(H2,24,25,27,29)/t16-/m1/s1. The van der Waals surface area contributed by atoms with Gasteiger partial charge < -0.3 is 4.98 Å². The summed E-state index contributed by atoms with van der Waals surface area (Å²) in [6, 6.07) is 11.8. The van der Waals surface area contributed by atoms with Crippen LogP contribution in [0.25, 0.3) is 10.8 Å². The quantitative estimate of drug-likeness (QED) is 0.671. The first-order valence-electron chi connectivity index (χ1n) is 10.2. The maximum absolute atomic E-state index is 13.4. The lowest BCUT2D eigenvalue weighted by Crippen LogP contribution is -2.39. The molecule has 1 aromatic heterocycles. The molecule has 6 nitrogen and oxygen atoms in total. The van der Waals surface area contributed by atoms with Crippen LogP contribution < -0.4 is 11.2 Å². The molecule has 2 N–H and O–H groups in total. The van der Waals surface area contributed by atoms with Gasteiger partial charge in [0.15, 0.2) is 5.78 Å². The predicted molar refractivity (Wildman–Crippen MR) is 111 cm³/mol. The Bertz CT molecular complexity index is 1190. The van der Waals surface area contributed by atoms with Gasteiger partial charge in [-0.3, -0.25) is 19.5 Å². The van der Waals surface area contributed by atoms with Crippen LogP contribution in [0.5, 0.6) is 0 Å². The molecule has 1 aliphatic heterocycles. The Morgan fingerprint density at radius 3 is 2.72 bits per heavy atom. The largest absolute Gasteiger partial charge is 0.325 e. The maximum Gasteiger partial charge on any atom is 0.325 e. The third-order valence-corrected chi connectivity index (χ3v) is 6.23. The zero-order chi connectivity index (χ0) is 20.0. The van der Waals surface area contributed by atoms with Gasteiger partial charge in [0.05, 0.1) is 0 Å². The molecule has 0 amide bonds. The zero-order valence-corrected chi connectivity index (χ0v) is 16.2. The van der Waals surface area contributed by atoms with E-state index in [1.54, 1.807) is 0 Å². The van der Waals surface area contributed by atoms with Gasteiger partial charge >= 0.3 is 5.69 Å². The highest BCUT2D eigenvalue weighted by molar-refractivity contribution is 6.11. The molecule has 1 saturated heterocycles. The first-order valence-corrected chi connectivity index (χ1v) is 10.2. The Morgan fingerprint density at radius 1 is 1.07 bits per heavy atom. The molecule has 1 aliphatic carbocycles. The number of rotatable bonds is 4. The molecule has 1 fully saturated rings. The van der Waals surface area contributed by atoms with E-state index in [-0.39, 0.29) is 11.7 Å². The molecular formula is C23H23N3O3. The normalized spacial score (nSPS) is 19.0. The first kappa shape index (κ1) is 18.1. The molecule has 2 heterocycles. The Balaban J connectivity index is 1.40. The third-order valence-electron chi connectivity index (χ3n) is 6.23. The van der Waals surface area contributed by atoms with E-state index in [0.29, 0.717) is 18.8 Å². The SMILES string of the molecule is O=C(c1ccc2c3c(cccc13)CC2)[C@@H]1CCCN(Cc2cc(=O)[nH]c(=O)[nH]2)C1. The molecule has 5 rings (SSSR count). The summed E-state index contributed by atoms with van der Waals surface area (Å²) in [6.45, 7) is 1.95. The van der Waals surface area contributed by atoms with Crippen LogP contribution in [-0.4, -0.2) is 33.7 Å². The number of aromatic nitrogens is 2. The average Bonchev–Trinajstić information content (AvgIpc) is 3.12. The molecule has 0 saturated carbocycles. The fourth-order valence-electron chi connectivity index (χ4n) is 4.94. The summed E-state index contributed by atoms with van der Waals surface area (Å²) in [4.78, 5) is 43.5. The minimum atomic E-state index is -0.495. The number of hydrogen-bond donors (Lipinski definition) is 2. The van der Waals surface area contributed by atoms with Crippen LogP contribution in [0.3, 0.4) is 0 Å². The van der Waals surface area contributed by atoms with Crippen molar-refractivity contribution in [2.24, 2.45) is 5.92 Å². The van der Waals surface area contributed by atoms with E-state index in [1.165, 1.54) is 22.6 Å². The van der Waals surface area contributed by atoms with Crippen LogP contribution in [0.4, 0.5) is 0 Å². The number of aromatic amines is 2. The van der Waals surface area contributed by atoms with Crippen LogP contribution in [-0.2, 0) is 19.4 Å². The van der Waals surface area contributed by atoms with E-state index in [9.17, 15) is 14.4 Å². The highest BCUT2D eigenvalue weighted by Crippen LogP contribution is 2.34. The predicted octanol–water partition coefficient (Wildman–Crippen LogP) is 2.41. The van der Waals surface area contributed by atoms with E-state index >= 15 is 0 Å². The third kappa shape index (κ3) is 3.34. The van der Waals surface area contributed by atoms with Crippen LogP contribution in [0.15, 0.2) is 46.0 Å². The van der Waals surface area contributed by atoms with Gasteiger partial charge in [0.2, 0.25) is 0 Å². The number of Topliss-reactive ketones (excluding diaryl/α,β-unsaturated/α-hetero) is 1. The molecule has 1 atom stereocenters. The Hall–Kier alpha value is -2.99. The summed E-state index contributed by atoms with van der Waals surface area (Å²) in [6.07, 6.45) is 3.89. The zero-order valence-electron chi connectivity index (χ0n) is 16.2. The lowest BCUT2D eigenvalue weighted by molar-refractivity contribution is 0.0811. The molecule has 0 unspecified atom stereocenters. The van der Waals surface area contributed by atoms with Gasteiger partial charge in [-0.25, -0.2) is 4.79 Å². The van der Waals surface area contributed by atoms with Gasteiger partial charge in [0, 0.05) is 36.3 Å². The number of nitrogens with zero attached hydrogens (tertiary/aromatic N) is 1. The summed E-state index contributed by atoms with van der Waals surface area (Å²) < 4.78 is 0. The monoisotopic (exact) mass is 389 g/mol. The van der Waals surface area contributed by atoms with Crippen molar-refractivity contribution >= 4 is 16.6 Å². The lowest BCUT2D eigenvalue weighted by atomic mass is 9.87. The van der Waals surface area contributed by atoms with Crippen molar-refractivity contribution in [1.82, 2.24) is 14.9 Å². The highest BCUT2D eigenvalue weighted by Gasteiger charge is 2.28. The van der Waals surface area contributed by atoms with Gasteiger partial charge in [-0.05, 0) is 54.1 Å². The number of nitrogens with one attached hydrogen (secondary N) is 2. The van der Waals surface area contributed by atoms with Crippen molar-refractivity contribution in [1.29, 1.82) is 0 Å². The number of H-pyrrole nitrogens is 2. The number of carbonyl (C=O) groups excluding carboxylic acids is 1. The van der Waals surface area contributed by atoms with Crippen LogP contribution >= 0.6 is 0 Å². The smallest absolute Gasteiger partial charge is 0.310 e. The van der Waals surface area contributed by atoms with E-state index in [0.717, 1.165) is 43.2 Å².